The predicted molar refractivity (Wildman–Crippen MR) is 69.7 cm³/mol. The second-order valence-electron chi connectivity index (χ2n) is 4.82. The molecule has 88 valence electrons. The molecule has 0 radical (unpaired) electrons. The number of benzene rings is 1. The monoisotopic (exact) mass is 284 g/mol. The second-order valence-corrected chi connectivity index (χ2v) is 6.12. The van der Waals surface area contributed by atoms with Gasteiger partial charge in [0.2, 0.25) is 0 Å². The molecule has 2 atom stereocenters. The number of halogens is 2. The van der Waals surface area contributed by atoms with E-state index in [1.807, 2.05) is 13.0 Å². The summed E-state index contributed by atoms with van der Waals surface area (Å²) in [5.41, 5.74) is 1.92. The van der Waals surface area contributed by atoms with E-state index in [1.54, 1.807) is 6.07 Å². The Bertz CT molecular complexity index is 362. The van der Waals surface area contributed by atoms with Gasteiger partial charge in [0.1, 0.15) is 5.82 Å². The molecular weight excluding hydrogens is 267 g/mol. The lowest BCUT2D eigenvalue weighted by atomic mass is 9.91. The molecule has 2 rings (SSSR count). The molecule has 1 aromatic carbocycles. The lowest BCUT2D eigenvalue weighted by molar-refractivity contribution is 0.580. The first-order valence-electron chi connectivity index (χ1n) is 6.07. The van der Waals surface area contributed by atoms with Gasteiger partial charge in [-0.05, 0) is 49.3 Å². The molecule has 2 heteroatoms. The van der Waals surface area contributed by atoms with Crippen LogP contribution in [0.3, 0.4) is 0 Å². The highest BCUT2D eigenvalue weighted by Crippen LogP contribution is 2.35. The van der Waals surface area contributed by atoms with E-state index in [-0.39, 0.29) is 5.82 Å². The molecule has 2 unspecified atom stereocenters. The van der Waals surface area contributed by atoms with Crippen molar-refractivity contribution in [2.75, 3.05) is 0 Å². The van der Waals surface area contributed by atoms with Crippen LogP contribution in [0.2, 0.25) is 0 Å². The Morgan fingerprint density at radius 1 is 1.25 bits per heavy atom. The van der Waals surface area contributed by atoms with Gasteiger partial charge in [-0.1, -0.05) is 40.9 Å². The Morgan fingerprint density at radius 3 is 2.75 bits per heavy atom. The summed E-state index contributed by atoms with van der Waals surface area (Å²) in [5, 5.41) is 0. The van der Waals surface area contributed by atoms with Gasteiger partial charge in [-0.2, -0.15) is 0 Å². The lowest BCUT2D eigenvalue weighted by Crippen LogP contribution is -2.04. The molecular formula is C14H18BrF. The Morgan fingerprint density at radius 2 is 2.00 bits per heavy atom. The Kier molecular flexibility index (Phi) is 4.01. The van der Waals surface area contributed by atoms with Gasteiger partial charge in [-0.15, -0.1) is 0 Å². The van der Waals surface area contributed by atoms with Crippen LogP contribution in [0.5, 0.6) is 0 Å². The number of rotatable bonds is 1. The lowest BCUT2D eigenvalue weighted by Gasteiger charge is -2.17. The van der Waals surface area contributed by atoms with Gasteiger partial charge in [0, 0.05) is 4.83 Å². The van der Waals surface area contributed by atoms with E-state index < -0.39 is 0 Å². The molecule has 0 aliphatic heterocycles. The van der Waals surface area contributed by atoms with Crippen LogP contribution in [0.25, 0.3) is 0 Å². The van der Waals surface area contributed by atoms with Crippen molar-refractivity contribution in [3.8, 4) is 0 Å². The first-order chi connectivity index (χ1) is 7.66. The molecule has 0 amide bonds. The van der Waals surface area contributed by atoms with Crippen molar-refractivity contribution >= 4 is 15.9 Å². The van der Waals surface area contributed by atoms with Crippen LogP contribution in [0.15, 0.2) is 18.2 Å². The third-order valence-corrected chi connectivity index (χ3v) is 4.36. The normalized spacial score (nSPS) is 26.4. The summed E-state index contributed by atoms with van der Waals surface area (Å²) in [5.74, 6) is 0.467. The fourth-order valence-corrected chi connectivity index (χ4v) is 3.24. The van der Waals surface area contributed by atoms with Crippen LogP contribution >= 0.6 is 15.9 Å². The van der Waals surface area contributed by atoms with Gasteiger partial charge in [0.25, 0.3) is 0 Å². The van der Waals surface area contributed by atoms with Gasteiger partial charge in [-0.25, -0.2) is 4.39 Å². The molecule has 0 bridgehead atoms. The predicted octanol–water partition coefficient (Wildman–Crippen LogP) is 4.95. The minimum Gasteiger partial charge on any atom is -0.207 e. The molecule has 0 nitrogen and oxygen atoms in total. The van der Waals surface area contributed by atoms with Crippen LogP contribution in [0.1, 0.15) is 49.1 Å². The van der Waals surface area contributed by atoms with Crippen molar-refractivity contribution in [1.82, 2.24) is 0 Å². The maximum atomic E-state index is 13.5. The molecule has 0 aromatic heterocycles. The minimum atomic E-state index is -0.0622. The van der Waals surface area contributed by atoms with E-state index in [1.165, 1.54) is 31.2 Å². The molecule has 1 saturated carbocycles. The van der Waals surface area contributed by atoms with Crippen LogP contribution < -0.4 is 0 Å². The summed E-state index contributed by atoms with van der Waals surface area (Å²) in [6.07, 6.45) is 6.15. The zero-order chi connectivity index (χ0) is 11.5. The fraction of sp³-hybridized carbons (Fsp3) is 0.571. The molecule has 0 heterocycles. The molecule has 1 fully saturated rings. The van der Waals surface area contributed by atoms with Crippen molar-refractivity contribution in [1.29, 1.82) is 0 Å². The SMILES string of the molecule is Cc1ccc(C2CCCCC(Br)C2)cc1F. The molecule has 1 aliphatic rings. The quantitative estimate of drug-likeness (QED) is 0.506. The van der Waals surface area contributed by atoms with Crippen molar-refractivity contribution in [3.05, 3.63) is 35.1 Å². The van der Waals surface area contributed by atoms with E-state index >= 15 is 0 Å². The molecule has 0 spiro atoms. The molecule has 0 saturated heterocycles. The topological polar surface area (TPSA) is 0 Å². The molecule has 16 heavy (non-hydrogen) atoms. The van der Waals surface area contributed by atoms with E-state index in [0.29, 0.717) is 10.7 Å². The van der Waals surface area contributed by atoms with E-state index in [9.17, 15) is 4.39 Å². The average Bonchev–Trinajstić information content (AvgIpc) is 2.47. The van der Waals surface area contributed by atoms with Crippen LogP contribution in [-0.4, -0.2) is 4.83 Å². The Hall–Kier alpha value is -0.370. The number of aryl methyl sites for hydroxylation is 1. The first-order valence-corrected chi connectivity index (χ1v) is 6.98. The molecule has 1 aromatic rings. The minimum absolute atomic E-state index is 0.0622. The van der Waals surface area contributed by atoms with Crippen LogP contribution in [-0.2, 0) is 0 Å². The molecule has 0 N–H and O–H groups in total. The standard InChI is InChI=1S/C14H18BrF/c1-10-6-7-12(9-14(10)16)11-4-2-3-5-13(15)8-11/h6-7,9,11,13H,2-5,8H2,1H3. The zero-order valence-electron chi connectivity index (χ0n) is 9.68. The third-order valence-electron chi connectivity index (χ3n) is 3.53. The summed E-state index contributed by atoms with van der Waals surface area (Å²) in [6, 6.07) is 5.72. The van der Waals surface area contributed by atoms with E-state index in [2.05, 4.69) is 22.0 Å². The summed E-state index contributed by atoms with van der Waals surface area (Å²) < 4.78 is 13.5. The van der Waals surface area contributed by atoms with Crippen LogP contribution in [0, 0.1) is 12.7 Å². The van der Waals surface area contributed by atoms with Gasteiger partial charge >= 0.3 is 0 Å². The van der Waals surface area contributed by atoms with Crippen molar-refractivity contribution in [2.24, 2.45) is 0 Å². The van der Waals surface area contributed by atoms with Gasteiger partial charge in [-0.3, -0.25) is 0 Å². The van der Waals surface area contributed by atoms with Crippen molar-refractivity contribution in [3.63, 3.8) is 0 Å². The summed E-state index contributed by atoms with van der Waals surface area (Å²) in [7, 11) is 0. The zero-order valence-corrected chi connectivity index (χ0v) is 11.3. The largest absolute Gasteiger partial charge is 0.207 e. The van der Waals surface area contributed by atoms with Crippen molar-refractivity contribution < 1.29 is 4.39 Å². The van der Waals surface area contributed by atoms with E-state index in [0.717, 1.165) is 12.0 Å². The van der Waals surface area contributed by atoms with Crippen LogP contribution in [0.4, 0.5) is 4.39 Å². The Labute approximate surface area is 105 Å². The smallest absolute Gasteiger partial charge is 0.126 e. The highest BCUT2D eigenvalue weighted by molar-refractivity contribution is 9.09. The highest BCUT2D eigenvalue weighted by atomic mass is 79.9. The maximum Gasteiger partial charge on any atom is 0.126 e. The van der Waals surface area contributed by atoms with Crippen molar-refractivity contribution in [2.45, 2.75) is 49.8 Å². The number of alkyl halides is 1. The summed E-state index contributed by atoms with van der Waals surface area (Å²) in [6.45, 7) is 1.82. The average molecular weight is 285 g/mol. The fourth-order valence-electron chi connectivity index (χ4n) is 2.47. The second kappa shape index (κ2) is 5.31. The number of hydrogen-bond donors (Lipinski definition) is 0. The maximum absolute atomic E-state index is 13.5. The third kappa shape index (κ3) is 2.85. The van der Waals surface area contributed by atoms with Gasteiger partial charge < -0.3 is 0 Å². The van der Waals surface area contributed by atoms with Gasteiger partial charge in [0.15, 0.2) is 0 Å². The Balaban J connectivity index is 2.18. The highest BCUT2D eigenvalue weighted by Gasteiger charge is 2.20. The van der Waals surface area contributed by atoms with Gasteiger partial charge in [0.05, 0.1) is 0 Å². The first kappa shape index (κ1) is 12.1. The number of hydrogen-bond acceptors (Lipinski definition) is 0. The summed E-state index contributed by atoms with van der Waals surface area (Å²) in [4.78, 5) is 0.601. The van der Waals surface area contributed by atoms with E-state index in [4.69, 9.17) is 0 Å². The summed E-state index contributed by atoms with van der Waals surface area (Å²) >= 11 is 3.72. The molecule has 1 aliphatic carbocycles.